The third-order valence-electron chi connectivity index (χ3n) is 13.5. The zero-order valence-corrected chi connectivity index (χ0v) is 36.9. The molecule has 0 atom stereocenters. The lowest BCUT2D eigenvalue weighted by Crippen LogP contribution is -2.36. The number of nitrogens with zero attached hydrogens (tertiary/aromatic N) is 4. The van der Waals surface area contributed by atoms with Gasteiger partial charge < -0.3 is 14.5 Å². The number of para-hydroxylation sites is 4. The van der Waals surface area contributed by atoms with Crippen LogP contribution in [-0.4, -0.2) is 9.97 Å². The van der Waals surface area contributed by atoms with Crippen LogP contribution in [0.4, 0.5) is 34.1 Å². The van der Waals surface area contributed by atoms with E-state index in [4.69, 9.17) is 14.7 Å². The number of rotatable bonds is 8. The molecule has 0 N–H and O–H groups in total. The molecule has 2 aromatic heterocycles. The van der Waals surface area contributed by atoms with Crippen molar-refractivity contribution in [2.45, 2.75) is 5.41 Å². The maximum Gasteiger partial charge on any atom is 0.132 e. The van der Waals surface area contributed by atoms with Crippen molar-refractivity contribution < 1.29 is 4.74 Å². The van der Waals surface area contributed by atoms with E-state index >= 15 is 0 Å². The van der Waals surface area contributed by atoms with Crippen LogP contribution in [-0.2, 0) is 5.41 Å². The van der Waals surface area contributed by atoms with Crippen molar-refractivity contribution >= 4 is 77.5 Å². The van der Waals surface area contributed by atoms with Gasteiger partial charge in [0.25, 0.3) is 0 Å². The van der Waals surface area contributed by atoms with E-state index < -0.39 is 5.41 Å². The first-order chi connectivity index (χ1) is 33.7. The smallest absolute Gasteiger partial charge is 0.132 e. The number of aromatic nitrogens is 2. The second kappa shape index (κ2) is 16.1. The van der Waals surface area contributed by atoms with E-state index in [-0.39, 0.29) is 0 Å². The number of hydrogen-bond acceptors (Lipinski definition) is 5. The molecule has 0 amide bonds. The van der Waals surface area contributed by atoms with Gasteiger partial charge in [-0.15, -0.1) is 0 Å². The minimum atomic E-state index is -1.12. The van der Waals surface area contributed by atoms with E-state index in [1.54, 1.807) is 0 Å². The average molecular weight is 871 g/mol. The molecular formula is C63H42N4O. The second-order valence-electron chi connectivity index (χ2n) is 17.3. The predicted molar refractivity (Wildman–Crippen MR) is 280 cm³/mol. The molecular weight excluding hydrogens is 829 g/mol. The summed E-state index contributed by atoms with van der Waals surface area (Å²) in [5.74, 6) is 1.47. The first-order valence-corrected chi connectivity index (χ1v) is 23.1. The first kappa shape index (κ1) is 39.3. The highest BCUT2D eigenvalue weighted by Crippen LogP contribution is 2.57. The Morgan fingerprint density at radius 1 is 0.294 bits per heavy atom. The number of anilines is 6. The van der Waals surface area contributed by atoms with Gasteiger partial charge in [0.15, 0.2) is 0 Å². The minimum absolute atomic E-state index is 0.734. The zero-order valence-electron chi connectivity index (χ0n) is 36.9. The SMILES string of the molecule is c1ccc(N(c2ccccc2)c2ccc3c(c2)C(c2ccc4ccc5ccccc5c4n2)(c2ccc4ccc5ccccc5c4n2)c2cc(N(c4ccccc4)c4ccccc4)ccc2O3)cc1. The zero-order chi connectivity index (χ0) is 45.0. The molecule has 5 heteroatoms. The number of ether oxygens (including phenoxy) is 1. The van der Waals surface area contributed by atoms with Crippen LogP contribution >= 0.6 is 0 Å². The number of fused-ring (bicyclic) bond motifs is 8. The maximum atomic E-state index is 7.19. The van der Waals surface area contributed by atoms with Crippen molar-refractivity contribution in [2.75, 3.05) is 9.80 Å². The molecule has 13 rings (SSSR count). The Balaban J connectivity index is 1.18. The van der Waals surface area contributed by atoms with Crippen LogP contribution in [0.2, 0.25) is 0 Å². The molecule has 1 aliphatic rings. The quantitative estimate of drug-likeness (QED) is 0.142. The van der Waals surface area contributed by atoms with Crippen LogP contribution in [0.5, 0.6) is 11.5 Å². The third kappa shape index (κ3) is 6.39. The fraction of sp³-hybridized carbons (Fsp3) is 0.0159. The van der Waals surface area contributed by atoms with Crippen molar-refractivity contribution in [3.8, 4) is 11.5 Å². The Morgan fingerprint density at radius 3 is 1.03 bits per heavy atom. The van der Waals surface area contributed by atoms with Crippen molar-refractivity contribution in [1.29, 1.82) is 0 Å². The van der Waals surface area contributed by atoms with E-state index in [1.807, 2.05) is 0 Å². The Bertz CT molecular complexity index is 3510. The van der Waals surface area contributed by atoms with Crippen LogP contribution < -0.4 is 14.5 Å². The first-order valence-electron chi connectivity index (χ1n) is 23.1. The summed E-state index contributed by atoms with van der Waals surface area (Å²) in [5.41, 5.74) is 10.4. The molecule has 5 nitrogen and oxygen atoms in total. The van der Waals surface area contributed by atoms with Gasteiger partial charge in [0.1, 0.15) is 16.9 Å². The fourth-order valence-corrected chi connectivity index (χ4v) is 10.4. The molecule has 1 aliphatic heterocycles. The molecule has 3 heterocycles. The van der Waals surface area contributed by atoms with Crippen molar-refractivity contribution in [3.63, 3.8) is 0 Å². The lowest BCUT2D eigenvalue weighted by molar-refractivity contribution is 0.430. The number of hydrogen-bond donors (Lipinski definition) is 0. The van der Waals surface area contributed by atoms with Gasteiger partial charge in [-0.1, -0.05) is 158 Å². The summed E-state index contributed by atoms with van der Waals surface area (Å²) in [4.78, 5) is 16.4. The molecule has 10 aromatic carbocycles. The van der Waals surface area contributed by atoms with Crippen LogP contribution in [0.15, 0.2) is 255 Å². The Hall–Kier alpha value is -9.06. The summed E-state index contributed by atoms with van der Waals surface area (Å²) < 4.78 is 7.19. The summed E-state index contributed by atoms with van der Waals surface area (Å²) >= 11 is 0. The van der Waals surface area contributed by atoms with Crippen molar-refractivity contribution in [2.24, 2.45) is 0 Å². The topological polar surface area (TPSA) is 41.5 Å². The number of benzene rings is 10. The highest BCUT2D eigenvalue weighted by molar-refractivity contribution is 6.06. The monoisotopic (exact) mass is 870 g/mol. The van der Waals surface area contributed by atoms with E-state index in [0.717, 1.165) is 111 Å². The lowest BCUT2D eigenvalue weighted by atomic mass is 9.66. The summed E-state index contributed by atoms with van der Waals surface area (Å²) in [5, 5.41) is 6.58. The third-order valence-corrected chi connectivity index (χ3v) is 13.5. The van der Waals surface area contributed by atoms with Crippen molar-refractivity contribution in [1.82, 2.24) is 9.97 Å². The van der Waals surface area contributed by atoms with Gasteiger partial charge in [0, 0.05) is 66.8 Å². The van der Waals surface area contributed by atoms with Gasteiger partial charge >= 0.3 is 0 Å². The molecule has 0 saturated carbocycles. The van der Waals surface area contributed by atoms with Crippen LogP contribution in [0.3, 0.4) is 0 Å². The molecule has 320 valence electrons. The van der Waals surface area contributed by atoms with Crippen LogP contribution in [0.1, 0.15) is 22.5 Å². The standard InChI is InChI=1S/C63H42N4O/c1-5-19-47(20-6-1)66(48-21-7-2-8-22-48)51-35-37-57-55(41-51)63(59-39-33-45-31-29-43-17-13-15-27-53(43)61(45)64-59,60-40-34-46-32-30-44-18-14-16-28-54(44)62(46)65-60)56-42-52(36-38-58(56)68-57)67(49-23-9-3-10-24-49)50-25-11-4-12-26-50/h1-42H. The summed E-state index contributed by atoms with van der Waals surface area (Å²) in [6, 6.07) is 90.1. The van der Waals surface area contributed by atoms with E-state index in [2.05, 4.69) is 265 Å². The molecule has 0 bridgehead atoms. The Morgan fingerprint density at radius 2 is 0.632 bits per heavy atom. The second-order valence-corrected chi connectivity index (χ2v) is 17.3. The number of pyridine rings is 2. The highest BCUT2D eigenvalue weighted by Gasteiger charge is 2.49. The van der Waals surface area contributed by atoms with Crippen LogP contribution in [0.25, 0.3) is 43.4 Å². The maximum absolute atomic E-state index is 7.19. The molecule has 68 heavy (non-hydrogen) atoms. The normalized spacial score (nSPS) is 12.6. The Labute approximate surface area is 394 Å². The van der Waals surface area contributed by atoms with E-state index in [0.29, 0.717) is 0 Å². The molecule has 0 unspecified atom stereocenters. The van der Waals surface area contributed by atoms with E-state index in [9.17, 15) is 0 Å². The van der Waals surface area contributed by atoms with Gasteiger partial charge in [-0.05, 0) is 108 Å². The van der Waals surface area contributed by atoms with E-state index in [1.165, 1.54) is 0 Å². The van der Waals surface area contributed by atoms with Gasteiger partial charge in [0.2, 0.25) is 0 Å². The molecule has 0 spiro atoms. The molecule has 0 saturated heterocycles. The van der Waals surface area contributed by atoms with Gasteiger partial charge in [-0.2, -0.15) is 0 Å². The summed E-state index contributed by atoms with van der Waals surface area (Å²) in [7, 11) is 0. The minimum Gasteiger partial charge on any atom is -0.457 e. The summed E-state index contributed by atoms with van der Waals surface area (Å²) in [6.07, 6.45) is 0. The lowest BCUT2D eigenvalue weighted by Gasteiger charge is -2.41. The van der Waals surface area contributed by atoms with Gasteiger partial charge in [-0.25, -0.2) is 0 Å². The predicted octanol–water partition coefficient (Wildman–Crippen LogP) is 16.5. The molecule has 0 aliphatic carbocycles. The molecule has 0 fully saturated rings. The van der Waals surface area contributed by atoms with Crippen LogP contribution in [0, 0.1) is 0 Å². The molecule has 0 radical (unpaired) electrons. The average Bonchev–Trinajstić information content (AvgIpc) is 3.41. The summed E-state index contributed by atoms with van der Waals surface area (Å²) in [6.45, 7) is 0. The van der Waals surface area contributed by atoms with Crippen molar-refractivity contribution in [3.05, 3.63) is 277 Å². The largest absolute Gasteiger partial charge is 0.457 e. The van der Waals surface area contributed by atoms with Gasteiger partial charge in [-0.3, -0.25) is 9.97 Å². The fourth-order valence-electron chi connectivity index (χ4n) is 10.4. The highest BCUT2D eigenvalue weighted by atomic mass is 16.5. The van der Waals surface area contributed by atoms with Gasteiger partial charge in [0.05, 0.1) is 22.4 Å². The molecule has 12 aromatic rings. The Kier molecular flexibility index (Phi) is 9.32.